The van der Waals surface area contributed by atoms with E-state index < -0.39 is 0 Å². The number of hydrogen-bond donors (Lipinski definition) is 0. The second kappa shape index (κ2) is 6.64. The van der Waals surface area contributed by atoms with Crippen molar-refractivity contribution in [2.75, 3.05) is 0 Å². The SMILES string of the molecule is Cc1cc(CC(C)C)c(CC(C)C)c(C)c1[O][Al]. The summed E-state index contributed by atoms with van der Waals surface area (Å²) in [5.74, 6) is 2.40. The Hall–Kier alpha value is -0.448. The molecular weight excluding hydrogens is 235 g/mol. The summed E-state index contributed by atoms with van der Waals surface area (Å²) in [6.45, 7) is 13.4. The van der Waals surface area contributed by atoms with Crippen molar-refractivity contribution >= 4 is 16.6 Å². The second-order valence-electron chi connectivity index (χ2n) is 6.10. The molecule has 0 aromatic heterocycles. The van der Waals surface area contributed by atoms with Gasteiger partial charge in [0.1, 0.15) is 0 Å². The van der Waals surface area contributed by atoms with Crippen molar-refractivity contribution in [1.29, 1.82) is 0 Å². The molecule has 0 unspecified atom stereocenters. The molecule has 0 aliphatic rings. The highest BCUT2D eigenvalue weighted by Crippen LogP contribution is 2.31. The first-order valence-electron chi connectivity index (χ1n) is 6.85. The maximum atomic E-state index is 5.47. The van der Waals surface area contributed by atoms with Crippen molar-refractivity contribution in [2.45, 2.75) is 54.4 Å². The third-order valence-corrected chi connectivity index (χ3v) is 3.52. The van der Waals surface area contributed by atoms with E-state index in [0.29, 0.717) is 11.8 Å². The molecule has 2 heteroatoms. The smallest absolute Gasteiger partial charge is 0.482 e. The summed E-state index contributed by atoms with van der Waals surface area (Å²) in [6, 6.07) is 2.31. The summed E-state index contributed by atoms with van der Waals surface area (Å²) in [5, 5.41) is 0. The van der Waals surface area contributed by atoms with Gasteiger partial charge in [0.2, 0.25) is 0 Å². The minimum atomic E-state index is 0.676. The number of benzene rings is 1. The van der Waals surface area contributed by atoms with Crippen LogP contribution in [-0.4, -0.2) is 16.6 Å². The Morgan fingerprint density at radius 1 is 1.06 bits per heavy atom. The lowest BCUT2D eigenvalue weighted by Gasteiger charge is -2.21. The molecule has 98 valence electrons. The van der Waals surface area contributed by atoms with Crippen LogP contribution in [0.4, 0.5) is 0 Å². The molecule has 1 rings (SSSR count). The molecule has 0 fully saturated rings. The highest BCUT2D eigenvalue weighted by atomic mass is 27.1. The molecule has 0 heterocycles. The van der Waals surface area contributed by atoms with Gasteiger partial charge in [-0.25, -0.2) is 0 Å². The molecule has 0 atom stereocenters. The highest BCUT2D eigenvalue weighted by Gasteiger charge is 2.14. The van der Waals surface area contributed by atoms with Crippen LogP contribution < -0.4 is 3.79 Å². The number of hydrogen-bond acceptors (Lipinski definition) is 1. The summed E-state index contributed by atoms with van der Waals surface area (Å²) in [4.78, 5) is 0. The summed E-state index contributed by atoms with van der Waals surface area (Å²) >= 11 is 2.38. The van der Waals surface area contributed by atoms with Crippen LogP contribution in [0.15, 0.2) is 6.07 Å². The van der Waals surface area contributed by atoms with Crippen LogP contribution in [-0.2, 0) is 12.8 Å². The Labute approximate surface area is 121 Å². The minimum Gasteiger partial charge on any atom is -0.653 e. The van der Waals surface area contributed by atoms with Crippen LogP contribution in [0.1, 0.15) is 49.9 Å². The van der Waals surface area contributed by atoms with E-state index in [9.17, 15) is 0 Å². The molecule has 0 spiro atoms. The molecule has 1 aromatic rings. The fourth-order valence-electron chi connectivity index (χ4n) is 2.58. The maximum absolute atomic E-state index is 5.47. The first kappa shape index (κ1) is 15.6. The normalized spacial score (nSPS) is 11.3. The zero-order chi connectivity index (χ0) is 13.9. The lowest BCUT2D eigenvalue weighted by atomic mass is 9.88. The molecule has 2 radical (unpaired) electrons. The summed E-state index contributed by atoms with van der Waals surface area (Å²) in [7, 11) is 0. The molecule has 0 saturated carbocycles. The summed E-state index contributed by atoms with van der Waals surface area (Å²) in [6.07, 6.45) is 2.29. The first-order valence-corrected chi connectivity index (χ1v) is 7.32. The van der Waals surface area contributed by atoms with Gasteiger partial charge < -0.3 is 3.79 Å². The zero-order valence-corrected chi connectivity index (χ0v) is 13.8. The van der Waals surface area contributed by atoms with Gasteiger partial charge in [0, 0.05) is 0 Å². The summed E-state index contributed by atoms with van der Waals surface area (Å²) in [5.41, 5.74) is 5.54. The van der Waals surface area contributed by atoms with Crippen molar-refractivity contribution in [3.8, 4) is 5.75 Å². The lowest BCUT2D eigenvalue weighted by molar-refractivity contribution is 0.584. The van der Waals surface area contributed by atoms with Crippen LogP contribution in [0, 0.1) is 25.7 Å². The Morgan fingerprint density at radius 2 is 1.61 bits per heavy atom. The molecule has 1 aromatic carbocycles. The average molecular weight is 260 g/mol. The van der Waals surface area contributed by atoms with Gasteiger partial charge in [0.15, 0.2) is 0 Å². The molecule has 0 N–H and O–H groups in total. The molecule has 18 heavy (non-hydrogen) atoms. The molecule has 0 amide bonds. The van der Waals surface area contributed by atoms with Gasteiger partial charge in [-0.15, -0.1) is 0 Å². The molecule has 0 saturated heterocycles. The Morgan fingerprint density at radius 3 is 2.06 bits per heavy atom. The zero-order valence-electron chi connectivity index (χ0n) is 12.6. The van der Waals surface area contributed by atoms with E-state index in [4.69, 9.17) is 3.79 Å². The van der Waals surface area contributed by atoms with Gasteiger partial charge in [-0.1, -0.05) is 33.8 Å². The topological polar surface area (TPSA) is 9.23 Å². The van der Waals surface area contributed by atoms with E-state index in [-0.39, 0.29) is 0 Å². The fraction of sp³-hybridized carbons (Fsp3) is 0.625. The van der Waals surface area contributed by atoms with E-state index in [1.165, 1.54) is 22.3 Å². The molecule has 0 bridgehead atoms. The summed E-state index contributed by atoms with van der Waals surface area (Å²) < 4.78 is 5.47. The van der Waals surface area contributed by atoms with Crippen molar-refractivity contribution < 1.29 is 3.79 Å². The van der Waals surface area contributed by atoms with Gasteiger partial charge in [0.25, 0.3) is 0 Å². The number of aryl methyl sites for hydroxylation is 1. The predicted octanol–water partition coefficient (Wildman–Crippen LogP) is 4.16. The third-order valence-electron chi connectivity index (χ3n) is 3.29. The van der Waals surface area contributed by atoms with Crippen molar-refractivity contribution in [1.82, 2.24) is 0 Å². The van der Waals surface area contributed by atoms with E-state index in [1.54, 1.807) is 0 Å². The maximum Gasteiger partial charge on any atom is 0.482 e. The molecule has 1 nitrogen and oxygen atoms in total. The van der Waals surface area contributed by atoms with Crippen molar-refractivity contribution in [3.05, 3.63) is 28.3 Å². The predicted molar refractivity (Wildman–Crippen MR) is 79.4 cm³/mol. The minimum absolute atomic E-state index is 0.676. The van der Waals surface area contributed by atoms with Gasteiger partial charge in [-0.05, 0) is 60.8 Å². The van der Waals surface area contributed by atoms with E-state index in [0.717, 1.165) is 18.6 Å². The van der Waals surface area contributed by atoms with Gasteiger partial charge in [-0.2, -0.15) is 0 Å². The van der Waals surface area contributed by atoms with Crippen LogP contribution >= 0.6 is 0 Å². The van der Waals surface area contributed by atoms with Crippen LogP contribution in [0.25, 0.3) is 0 Å². The monoisotopic (exact) mass is 260 g/mol. The molecular formula is C16H25AlO. The first-order chi connectivity index (χ1) is 8.36. The standard InChI is InChI=1S/C16H26O.Al/c1-10(2)7-14-9-12(5)16(17)13(6)15(14)8-11(3)4;/h9-11,17H,7-8H2,1-6H3;/q;+1/p-1. The second-order valence-corrected chi connectivity index (χ2v) is 6.33. The quantitative estimate of drug-likeness (QED) is 0.722. The van der Waals surface area contributed by atoms with E-state index in [1.807, 2.05) is 0 Å². The Bertz CT molecular complexity index is 408. The van der Waals surface area contributed by atoms with Crippen LogP contribution in [0.3, 0.4) is 0 Å². The van der Waals surface area contributed by atoms with Gasteiger partial charge in [-0.3, -0.25) is 0 Å². The average Bonchev–Trinajstić information content (AvgIpc) is 2.23. The largest absolute Gasteiger partial charge is 0.653 e. The van der Waals surface area contributed by atoms with Gasteiger partial charge in [0.05, 0.1) is 5.75 Å². The van der Waals surface area contributed by atoms with E-state index in [2.05, 4.69) is 64.2 Å². The fourth-order valence-corrected chi connectivity index (χ4v) is 2.95. The lowest BCUT2D eigenvalue weighted by Crippen LogP contribution is -2.08. The third kappa shape index (κ3) is 3.77. The molecule has 0 aliphatic heterocycles. The highest BCUT2D eigenvalue weighted by molar-refractivity contribution is 6.00. The van der Waals surface area contributed by atoms with Crippen molar-refractivity contribution in [2.24, 2.45) is 11.8 Å². The van der Waals surface area contributed by atoms with Crippen LogP contribution in [0.2, 0.25) is 0 Å². The van der Waals surface area contributed by atoms with Crippen LogP contribution in [0.5, 0.6) is 5.75 Å². The van der Waals surface area contributed by atoms with Gasteiger partial charge >= 0.3 is 16.6 Å². The molecule has 0 aliphatic carbocycles. The van der Waals surface area contributed by atoms with E-state index >= 15 is 0 Å². The van der Waals surface area contributed by atoms with Crippen molar-refractivity contribution in [3.63, 3.8) is 0 Å². The Balaban J connectivity index is 3.30. The number of rotatable bonds is 5. The Kier molecular flexibility index (Phi) is 5.76.